The van der Waals surface area contributed by atoms with E-state index in [1.165, 1.54) is 31.4 Å². The first-order valence-electron chi connectivity index (χ1n) is 5.38. The molecule has 1 aliphatic heterocycles. The van der Waals surface area contributed by atoms with E-state index in [-0.39, 0.29) is 17.3 Å². The maximum Gasteiger partial charge on any atom is 0.326 e. The molecule has 0 aliphatic carbocycles. The maximum absolute atomic E-state index is 12.3. The molecule has 1 atom stereocenters. The van der Waals surface area contributed by atoms with E-state index in [0.717, 1.165) is 10.5 Å². The monoisotopic (exact) mass is 284 g/mol. The molecule has 1 aliphatic rings. The lowest BCUT2D eigenvalue weighted by molar-refractivity contribution is -0.139. The Morgan fingerprint density at radius 1 is 1.53 bits per heavy atom. The molecule has 0 saturated carbocycles. The first-order chi connectivity index (χ1) is 8.96. The average Bonchev–Trinajstić information content (AvgIpc) is 2.89. The second kappa shape index (κ2) is 4.98. The Balaban J connectivity index is 2.34. The largest absolute Gasteiger partial charge is 0.481 e. The van der Waals surface area contributed by atoms with E-state index in [9.17, 15) is 13.2 Å². The summed E-state index contributed by atoms with van der Waals surface area (Å²) >= 11 is 0. The van der Waals surface area contributed by atoms with Crippen LogP contribution in [-0.2, 0) is 14.8 Å². The Kier molecular flexibility index (Phi) is 3.54. The SMILES string of the molecule is COc1ccc(S(=O)(=O)N2CC=CC2C(=O)O)cn1. The molecule has 0 aromatic carbocycles. The van der Waals surface area contributed by atoms with Gasteiger partial charge in [0.15, 0.2) is 0 Å². The molecular weight excluding hydrogens is 272 g/mol. The van der Waals surface area contributed by atoms with E-state index in [0.29, 0.717) is 0 Å². The number of carbonyl (C=O) groups is 1. The van der Waals surface area contributed by atoms with E-state index < -0.39 is 22.0 Å². The van der Waals surface area contributed by atoms with Gasteiger partial charge in [0.1, 0.15) is 10.9 Å². The highest BCUT2D eigenvalue weighted by Crippen LogP contribution is 2.22. The minimum absolute atomic E-state index is 0.0331. The minimum atomic E-state index is -3.89. The molecule has 1 N–H and O–H groups in total. The number of aromatic nitrogens is 1. The fourth-order valence-corrected chi connectivity index (χ4v) is 3.17. The number of hydrogen-bond donors (Lipinski definition) is 1. The summed E-state index contributed by atoms with van der Waals surface area (Å²) in [5, 5.41) is 8.98. The zero-order valence-electron chi connectivity index (χ0n) is 10.1. The zero-order chi connectivity index (χ0) is 14.0. The number of methoxy groups -OCH3 is 1. The molecule has 0 amide bonds. The predicted octanol–water partition coefficient (Wildman–Crippen LogP) is 0.104. The van der Waals surface area contributed by atoms with Crippen molar-refractivity contribution in [3.05, 3.63) is 30.5 Å². The number of rotatable bonds is 4. The lowest BCUT2D eigenvalue weighted by Gasteiger charge is -2.20. The van der Waals surface area contributed by atoms with Crippen molar-refractivity contribution in [3.8, 4) is 5.88 Å². The van der Waals surface area contributed by atoms with Gasteiger partial charge in [0.2, 0.25) is 15.9 Å². The van der Waals surface area contributed by atoms with Crippen molar-refractivity contribution < 1.29 is 23.1 Å². The molecule has 1 aromatic heterocycles. The van der Waals surface area contributed by atoms with Gasteiger partial charge in [-0.3, -0.25) is 4.79 Å². The van der Waals surface area contributed by atoms with Crippen LogP contribution in [0.2, 0.25) is 0 Å². The van der Waals surface area contributed by atoms with E-state index in [4.69, 9.17) is 9.84 Å². The predicted molar refractivity (Wildman–Crippen MR) is 65.2 cm³/mol. The molecular formula is C11H12N2O5S. The third-order valence-corrected chi connectivity index (χ3v) is 4.52. The smallest absolute Gasteiger partial charge is 0.326 e. The molecule has 2 rings (SSSR count). The van der Waals surface area contributed by atoms with Crippen LogP contribution < -0.4 is 4.74 Å². The Morgan fingerprint density at radius 3 is 2.79 bits per heavy atom. The van der Waals surface area contributed by atoms with Gasteiger partial charge in [0.05, 0.1) is 13.3 Å². The standard InChI is InChI=1S/C11H12N2O5S/c1-18-10-5-4-8(7-12-10)19(16,17)13-6-2-3-9(13)11(14)15/h2-5,7,9H,6H2,1H3,(H,14,15). The highest BCUT2D eigenvalue weighted by molar-refractivity contribution is 7.89. The Hall–Kier alpha value is -1.93. The summed E-state index contributed by atoms with van der Waals surface area (Å²) in [5.74, 6) is -0.924. The fraction of sp³-hybridized carbons (Fsp3) is 0.273. The topological polar surface area (TPSA) is 96.8 Å². The summed E-state index contributed by atoms with van der Waals surface area (Å²) in [6.45, 7) is 0.0331. The fourth-order valence-electron chi connectivity index (χ4n) is 1.73. The zero-order valence-corrected chi connectivity index (χ0v) is 10.9. The summed E-state index contributed by atoms with van der Waals surface area (Å²) in [6.07, 6.45) is 4.00. The summed E-state index contributed by atoms with van der Waals surface area (Å²) < 4.78 is 30.3. The van der Waals surface area contributed by atoms with Gasteiger partial charge in [-0.1, -0.05) is 12.2 Å². The quantitative estimate of drug-likeness (QED) is 0.788. The van der Waals surface area contributed by atoms with E-state index in [2.05, 4.69) is 4.98 Å². The maximum atomic E-state index is 12.3. The van der Waals surface area contributed by atoms with Crippen molar-refractivity contribution in [3.63, 3.8) is 0 Å². The molecule has 102 valence electrons. The van der Waals surface area contributed by atoms with Crippen molar-refractivity contribution in [1.82, 2.24) is 9.29 Å². The van der Waals surface area contributed by atoms with Crippen LogP contribution in [0.15, 0.2) is 35.4 Å². The normalized spacial score (nSPS) is 19.5. The third kappa shape index (κ3) is 2.45. The van der Waals surface area contributed by atoms with Crippen molar-refractivity contribution in [2.24, 2.45) is 0 Å². The number of hydrogen-bond acceptors (Lipinski definition) is 5. The summed E-state index contributed by atoms with van der Waals surface area (Å²) in [4.78, 5) is 14.7. The first kappa shape index (κ1) is 13.5. The molecule has 1 aromatic rings. The number of pyridine rings is 1. The Labute approximate surface area is 110 Å². The van der Waals surface area contributed by atoms with Gasteiger partial charge in [-0.15, -0.1) is 0 Å². The van der Waals surface area contributed by atoms with Crippen LogP contribution in [0.4, 0.5) is 0 Å². The number of carboxylic acid groups (broad SMARTS) is 1. The number of ether oxygens (including phenoxy) is 1. The molecule has 2 heterocycles. The molecule has 0 bridgehead atoms. The van der Waals surface area contributed by atoms with Gasteiger partial charge in [0, 0.05) is 12.6 Å². The van der Waals surface area contributed by atoms with E-state index >= 15 is 0 Å². The van der Waals surface area contributed by atoms with Crippen LogP contribution >= 0.6 is 0 Å². The highest BCUT2D eigenvalue weighted by atomic mass is 32.2. The van der Waals surface area contributed by atoms with E-state index in [1.807, 2.05) is 0 Å². The summed E-state index contributed by atoms with van der Waals surface area (Å²) in [5.41, 5.74) is 0. The van der Waals surface area contributed by atoms with Gasteiger partial charge in [-0.2, -0.15) is 4.31 Å². The molecule has 19 heavy (non-hydrogen) atoms. The van der Waals surface area contributed by atoms with E-state index in [1.54, 1.807) is 0 Å². The van der Waals surface area contributed by atoms with Gasteiger partial charge in [0.25, 0.3) is 0 Å². The summed E-state index contributed by atoms with van der Waals surface area (Å²) in [6, 6.07) is 1.57. The molecule has 0 radical (unpaired) electrons. The van der Waals surface area contributed by atoms with Crippen LogP contribution in [-0.4, -0.2) is 48.5 Å². The highest BCUT2D eigenvalue weighted by Gasteiger charge is 2.36. The molecule has 1 unspecified atom stereocenters. The van der Waals surface area contributed by atoms with Gasteiger partial charge < -0.3 is 9.84 Å². The third-order valence-electron chi connectivity index (χ3n) is 2.69. The number of nitrogens with zero attached hydrogens (tertiary/aromatic N) is 2. The summed E-state index contributed by atoms with van der Waals surface area (Å²) in [7, 11) is -2.47. The number of aliphatic carboxylic acids is 1. The van der Waals surface area contributed by atoms with Gasteiger partial charge in [-0.05, 0) is 6.07 Å². The van der Waals surface area contributed by atoms with Crippen molar-refractivity contribution in [2.45, 2.75) is 10.9 Å². The van der Waals surface area contributed by atoms with Crippen LogP contribution in [0.1, 0.15) is 0 Å². The van der Waals surface area contributed by atoms with Crippen LogP contribution in [0.25, 0.3) is 0 Å². The van der Waals surface area contributed by atoms with Crippen molar-refractivity contribution >= 4 is 16.0 Å². The lowest BCUT2D eigenvalue weighted by atomic mass is 10.3. The molecule has 0 spiro atoms. The average molecular weight is 284 g/mol. The molecule has 0 saturated heterocycles. The van der Waals surface area contributed by atoms with Crippen molar-refractivity contribution in [2.75, 3.05) is 13.7 Å². The second-order valence-electron chi connectivity index (χ2n) is 3.82. The minimum Gasteiger partial charge on any atom is -0.481 e. The second-order valence-corrected chi connectivity index (χ2v) is 5.71. The van der Waals surface area contributed by atoms with Crippen LogP contribution in [0.5, 0.6) is 5.88 Å². The first-order valence-corrected chi connectivity index (χ1v) is 6.82. The Morgan fingerprint density at radius 2 is 2.26 bits per heavy atom. The molecule has 8 heteroatoms. The lowest BCUT2D eigenvalue weighted by Crippen LogP contribution is -2.40. The van der Waals surface area contributed by atoms with Crippen molar-refractivity contribution in [1.29, 1.82) is 0 Å². The van der Waals surface area contributed by atoms with Crippen LogP contribution in [0.3, 0.4) is 0 Å². The molecule has 7 nitrogen and oxygen atoms in total. The number of sulfonamides is 1. The number of carboxylic acids is 1. The van der Waals surface area contributed by atoms with Gasteiger partial charge in [-0.25, -0.2) is 13.4 Å². The molecule has 0 fully saturated rings. The van der Waals surface area contributed by atoms with Crippen LogP contribution in [0, 0.1) is 0 Å². The Bertz CT molecular complexity index is 608. The van der Waals surface area contributed by atoms with Gasteiger partial charge >= 0.3 is 5.97 Å².